The van der Waals surface area contributed by atoms with Gasteiger partial charge in [-0.05, 0) is 19.4 Å². The number of benzene rings is 2. The van der Waals surface area contributed by atoms with Gasteiger partial charge in [0.2, 0.25) is 5.72 Å². The molecule has 1 atom stereocenters. The van der Waals surface area contributed by atoms with Crippen molar-refractivity contribution in [2.75, 3.05) is 0 Å². The lowest BCUT2D eigenvalue weighted by atomic mass is 9.96. The van der Waals surface area contributed by atoms with E-state index in [9.17, 15) is 5.11 Å². The summed E-state index contributed by atoms with van der Waals surface area (Å²) in [6.45, 7) is 4.18. The molecule has 4 nitrogen and oxygen atoms in total. The number of para-hydroxylation sites is 1. The second-order valence-electron chi connectivity index (χ2n) is 5.94. The van der Waals surface area contributed by atoms with E-state index in [1.807, 2.05) is 36.4 Å². The van der Waals surface area contributed by atoms with Gasteiger partial charge in [-0.15, -0.1) is 0 Å². The predicted molar refractivity (Wildman–Crippen MR) is 91.2 cm³/mol. The first-order valence-corrected chi connectivity index (χ1v) is 8.04. The molecule has 0 bridgehead atoms. The Morgan fingerprint density at radius 2 is 1.87 bits per heavy atom. The number of nitrogens with one attached hydrogen (secondary N) is 1. The molecular formula is C19H22N2O2. The molecule has 4 heteroatoms. The van der Waals surface area contributed by atoms with E-state index in [1.165, 1.54) is 5.56 Å². The highest BCUT2D eigenvalue weighted by Gasteiger charge is 2.40. The minimum Gasteiger partial charge on any atom is -0.507 e. The minimum atomic E-state index is -0.873. The van der Waals surface area contributed by atoms with Crippen LogP contribution in [0.4, 0.5) is 0 Å². The number of unbranched alkanes of at least 4 members (excludes halogenated alkanes) is 1. The van der Waals surface area contributed by atoms with Crippen molar-refractivity contribution in [3.63, 3.8) is 0 Å². The maximum Gasteiger partial charge on any atom is 0.216 e. The van der Waals surface area contributed by atoms with Crippen molar-refractivity contribution in [1.82, 2.24) is 5.48 Å². The highest BCUT2D eigenvalue weighted by Crippen LogP contribution is 2.40. The summed E-state index contributed by atoms with van der Waals surface area (Å²) in [6, 6.07) is 15.4. The number of rotatable bonds is 5. The molecule has 23 heavy (non-hydrogen) atoms. The Bertz CT molecular complexity index is 710. The van der Waals surface area contributed by atoms with Crippen LogP contribution in [-0.2, 0) is 10.6 Å². The van der Waals surface area contributed by atoms with Crippen LogP contribution in [0, 0.1) is 6.92 Å². The molecule has 2 aromatic carbocycles. The summed E-state index contributed by atoms with van der Waals surface area (Å²) in [5, 5.41) is 10.3. The number of amidine groups is 1. The summed E-state index contributed by atoms with van der Waals surface area (Å²) >= 11 is 0. The van der Waals surface area contributed by atoms with Gasteiger partial charge in [0.05, 0.1) is 5.56 Å². The van der Waals surface area contributed by atoms with Crippen molar-refractivity contribution in [2.24, 2.45) is 4.99 Å². The van der Waals surface area contributed by atoms with E-state index < -0.39 is 5.72 Å². The van der Waals surface area contributed by atoms with Gasteiger partial charge in [-0.1, -0.05) is 61.4 Å². The monoisotopic (exact) mass is 310 g/mol. The lowest BCUT2D eigenvalue weighted by Crippen LogP contribution is -2.28. The molecule has 2 N–H and O–H groups in total. The zero-order valence-electron chi connectivity index (χ0n) is 13.5. The van der Waals surface area contributed by atoms with E-state index in [-0.39, 0.29) is 5.75 Å². The molecule has 2 aromatic rings. The predicted octanol–water partition coefficient (Wildman–Crippen LogP) is 4.03. The summed E-state index contributed by atoms with van der Waals surface area (Å²) in [5.74, 6) is 0.906. The molecular weight excluding hydrogens is 288 g/mol. The first-order valence-electron chi connectivity index (χ1n) is 8.04. The van der Waals surface area contributed by atoms with Gasteiger partial charge >= 0.3 is 0 Å². The fourth-order valence-corrected chi connectivity index (χ4v) is 2.77. The van der Waals surface area contributed by atoms with E-state index >= 15 is 0 Å². The van der Waals surface area contributed by atoms with Crippen molar-refractivity contribution in [3.05, 3.63) is 65.2 Å². The molecule has 120 valence electrons. The number of phenols is 1. The third kappa shape index (κ3) is 3.08. The Kier molecular flexibility index (Phi) is 4.35. The molecule has 3 rings (SSSR count). The Morgan fingerprint density at radius 1 is 1.13 bits per heavy atom. The number of nitrogens with zero attached hydrogens (tertiary/aromatic N) is 1. The number of hydroxylamine groups is 1. The summed E-state index contributed by atoms with van der Waals surface area (Å²) < 4.78 is 0. The largest absolute Gasteiger partial charge is 0.507 e. The van der Waals surface area contributed by atoms with E-state index in [1.54, 1.807) is 12.1 Å². The van der Waals surface area contributed by atoms with Crippen LogP contribution in [0.3, 0.4) is 0 Å². The SMILES string of the molecule is CCCCC1(c2ccccc2O)N=C(c2ccc(C)cc2)NO1. The second-order valence-corrected chi connectivity index (χ2v) is 5.94. The number of hydrogen-bond donors (Lipinski definition) is 2. The van der Waals surface area contributed by atoms with E-state index in [0.29, 0.717) is 17.8 Å². The Hall–Kier alpha value is -2.33. The molecule has 0 amide bonds. The zero-order valence-corrected chi connectivity index (χ0v) is 13.5. The number of hydrogen-bond acceptors (Lipinski definition) is 4. The van der Waals surface area contributed by atoms with Gasteiger partial charge in [-0.2, -0.15) is 0 Å². The standard InChI is InChI=1S/C19H22N2O2/c1-3-4-13-19(16-7-5-6-8-17(16)22)20-18(21-23-19)15-11-9-14(2)10-12-15/h5-12,22H,3-4,13H2,1-2H3,(H,20,21). The smallest absolute Gasteiger partial charge is 0.216 e. The first kappa shape index (κ1) is 15.6. The van der Waals surface area contributed by atoms with Gasteiger partial charge in [0.1, 0.15) is 5.75 Å². The quantitative estimate of drug-likeness (QED) is 0.877. The average Bonchev–Trinajstić information content (AvgIpc) is 2.99. The highest BCUT2D eigenvalue weighted by molar-refractivity contribution is 5.99. The van der Waals surface area contributed by atoms with Crippen molar-refractivity contribution >= 4 is 5.84 Å². The van der Waals surface area contributed by atoms with Crippen LogP contribution in [0.25, 0.3) is 0 Å². The molecule has 0 spiro atoms. The third-order valence-corrected chi connectivity index (χ3v) is 4.13. The topological polar surface area (TPSA) is 53.9 Å². The van der Waals surface area contributed by atoms with Crippen LogP contribution in [-0.4, -0.2) is 10.9 Å². The summed E-state index contributed by atoms with van der Waals surface area (Å²) in [5.41, 5.74) is 4.96. The highest BCUT2D eigenvalue weighted by atomic mass is 16.7. The van der Waals surface area contributed by atoms with Crippen LogP contribution < -0.4 is 5.48 Å². The lowest BCUT2D eigenvalue weighted by molar-refractivity contribution is -0.0673. The second kappa shape index (κ2) is 6.42. The Morgan fingerprint density at radius 3 is 2.57 bits per heavy atom. The number of aromatic hydroxyl groups is 1. The number of aliphatic imine (C=N–C) groups is 1. The van der Waals surface area contributed by atoms with Gasteiger partial charge in [-0.25, -0.2) is 15.3 Å². The van der Waals surface area contributed by atoms with Crippen LogP contribution in [0.15, 0.2) is 53.5 Å². The molecule has 0 fully saturated rings. The Labute approximate surface area is 136 Å². The van der Waals surface area contributed by atoms with Crippen molar-refractivity contribution < 1.29 is 9.94 Å². The maximum absolute atomic E-state index is 10.3. The number of aryl methyl sites for hydroxylation is 1. The fraction of sp³-hybridized carbons (Fsp3) is 0.316. The molecule has 1 aliphatic rings. The Balaban J connectivity index is 2.01. The summed E-state index contributed by atoms with van der Waals surface area (Å²) in [6.07, 6.45) is 2.71. The van der Waals surface area contributed by atoms with Crippen LogP contribution >= 0.6 is 0 Å². The number of phenolic OH excluding ortho intramolecular Hbond substituents is 1. The zero-order chi connectivity index (χ0) is 16.3. The molecule has 1 heterocycles. The van der Waals surface area contributed by atoms with E-state index in [2.05, 4.69) is 19.3 Å². The van der Waals surface area contributed by atoms with E-state index in [0.717, 1.165) is 18.4 Å². The lowest BCUT2D eigenvalue weighted by Gasteiger charge is -2.25. The van der Waals surface area contributed by atoms with E-state index in [4.69, 9.17) is 9.83 Å². The van der Waals surface area contributed by atoms with Crippen LogP contribution in [0.2, 0.25) is 0 Å². The molecule has 0 saturated heterocycles. The van der Waals surface area contributed by atoms with Gasteiger partial charge in [0, 0.05) is 12.0 Å². The van der Waals surface area contributed by atoms with Crippen LogP contribution in [0.1, 0.15) is 42.9 Å². The first-order chi connectivity index (χ1) is 11.1. The molecule has 0 saturated carbocycles. The molecule has 0 aromatic heterocycles. The summed E-state index contributed by atoms with van der Waals surface area (Å²) in [4.78, 5) is 10.7. The molecule has 1 aliphatic heterocycles. The third-order valence-electron chi connectivity index (χ3n) is 4.13. The van der Waals surface area contributed by atoms with Crippen LogP contribution in [0.5, 0.6) is 5.75 Å². The average molecular weight is 310 g/mol. The maximum atomic E-state index is 10.3. The van der Waals surface area contributed by atoms with Gasteiger partial charge < -0.3 is 5.11 Å². The molecule has 1 unspecified atom stereocenters. The molecule has 0 aliphatic carbocycles. The van der Waals surface area contributed by atoms with Crippen molar-refractivity contribution in [1.29, 1.82) is 0 Å². The summed E-state index contributed by atoms with van der Waals surface area (Å²) in [7, 11) is 0. The van der Waals surface area contributed by atoms with Gasteiger partial charge in [0.25, 0.3) is 0 Å². The van der Waals surface area contributed by atoms with Crippen molar-refractivity contribution in [2.45, 2.75) is 38.8 Å². The fourth-order valence-electron chi connectivity index (χ4n) is 2.77. The van der Waals surface area contributed by atoms with Crippen molar-refractivity contribution in [3.8, 4) is 5.75 Å². The normalized spacial score (nSPS) is 20.2. The van der Waals surface area contributed by atoms with Gasteiger partial charge in [0.15, 0.2) is 5.84 Å². The van der Waals surface area contributed by atoms with Gasteiger partial charge in [-0.3, -0.25) is 0 Å². The molecule has 0 radical (unpaired) electrons. The minimum absolute atomic E-state index is 0.208.